The molecule has 18 heavy (non-hydrogen) atoms. The fourth-order valence-corrected chi connectivity index (χ4v) is 2.39. The summed E-state index contributed by atoms with van der Waals surface area (Å²) in [5, 5.41) is 9.08. The summed E-state index contributed by atoms with van der Waals surface area (Å²) in [6.07, 6.45) is 1.05. The first-order valence-electron chi connectivity index (χ1n) is 5.36. The van der Waals surface area contributed by atoms with Crippen LogP contribution in [0.25, 0.3) is 0 Å². The molecule has 2 aromatic rings. The van der Waals surface area contributed by atoms with Crippen molar-refractivity contribution in [3.63, 3.8) is 0 Å². The normalized spacial score (nSPS) is 10.5. The Kier molecular flexibility index (Phi) is 3.62. The van der Waals surface area contributed by atoms with Crippen LogP contribution in [0.5, 0.6) is 5.75 Å². The first-order chi connectivity index (χ1) is 8.56. The van der Waals surface area contributed by atoms with Crippen molar-refractivity contribution in [2.24, 2.45) is 0 Å². The van der Waals surface area contributed by atoms with Gasteiger partial charge in [-0.1, -0.05) is 6.07 Å². The zero-order chi connectivity index (χ0) is 13.1. The summed E-state index contributed by atoms with van der Waals surface area (Å²) in [5.74, 6) is 0.617. The van der Waals surface area contributed by atoms with Crippen LogP contribution in [0.1, 0.15) is 11.3 Å². The zero-order valence-electron chi connectivity index (χ0n) is 9.84. The smallest absolute Gasteiger partial charge is 0.226 e. The van der Waals surface area contributed by atoms with Gasteiger partial charge >= 0.3 is 0 Å². The van der Waals surface area contributed by atoms with Crippen LogP contribution in [0.15, 0.2) is 44.6 Å². The second-order valence-corrected chi connectivity index (χ2v) is 4.94. The van der Waals surface area contributed by atoms with Gasteiger partial charge in [-0.2, -0.15) is 0 Å². The van der Waals surface area contributed by atoms with Crippen LogP contribution in [0.2, 0.25) is 0 Å². The largest absolute Gasteiger partial charge is 0.502 e. The van der Waals surface area contributed by atoms with E-state index in [-0.39, 0.29) is 5.75 Å². The molecule has 0 aliphatic rings. The fraction of sp³-hybridized carbons (Fsp3) is 0.154. The van der Waals surface area contributed by atoms with Crippen molar-refractivity contribution in [2.45, 2.75) is 17.6 Å². The number of nitrogen functional groups attached to an aromatic ring is 1. The van der Waals surface area contributed by atoms with Crippen LogP contribution in [0, 0.1) is 6.92 Å². The van der Waals surface area contributed by atoms with Crippen LogP contribution in [-0.2, 0) is 5.75 Å². The summed E-state index contributed by atoms with van der Waals surface area (Å²) in [5.41, 5.74) is 7.24. The number of aromatic hydroxyl groups is 1. The van der Waals surface area contributed by atoms with E-state index in [2.05, 4.69) is 0 Å². The van der Waals surface area contributed by atoms with Crippen LogP contribution in [0.3, 0.4) is 0 Å². The Balaban J connectivity index is 2.13. The van der Waals surface area contributed by atoms with E-state index in [1.165, 1.54) is 17.8 Å². The second-order valence-electron chi connectivity index (χ2n) is 3.93. The van der Waals surface area contributed by atoms with Crippen LogP contribution in [-0.4, -0.2) is 5.11 Å². The second kappa shape index (κ2) is 5.18. The highest BCUT2D eigenvalue weighted by Crippen LogP contribution is 2.28. The lowest BCUT2D eigenvalue weighted by Crippen LogP contribution is -1.99. The number of benzene rings is 1. The van der Waals surface area contributed by atoms with E-state index in [1.54, 1.807) is 0 Å². The minimum atomic E-state index is -0.436. The number of thioether (sulfide) groups is 1. The molecule has 0 fully saturated rings. The van der Waals surface area contributed by atoms with Gasteiger partial charge in [-0.3, -0.25) is 4.79 Å². The van der Waals surface area contributed by atoms with Crippen molar-refractivity contribution in [3.8, 4) is 5.75 Å². The van der Waals surface area contributed by atoms with Crippen LogP contribution < -0.4 is 11.2 Å². The molecular formula is C13H13NO3S. The highest BCUT2D eigenvalue weighted by Gasteiger charge is 2.05. The highest BCUT2D eigenvalue weighted by molar-refractivity contribution is 7.98. The van der Waals surface area contributed by atoms with Gasteiger partial charge in [0.25, 0.3) is 0 Å². The van der Waals surface area contributed by atoms with Gasteiger partial charge in [-0.25, -0.2) is 0 Å². The SMILES string of the molecule is Cc1ccc(N)c(SCc2cc(=O)c(O)co2)c1. The average Bonchev–Trinajstić information content (AvgIpc) is 2.34. The Morgan fingerprint density at radius 3 is 2.89 bits per heavy atom. The molecule has 94 valence electrons. The zero-order valence-corrected chi connectivity index (χ0v) is 10.7. The molecule has 4 nitrogen and oxygen atoms in total. The molecule has 0 unspecified atom stereocenters. The molecule has 1 aromatic carbocycles. The van der Waals surface area contributed by atoms with Crippen LogP contribution in [0.4, 0.5) is 5.69 Å². The maximum atomic E-state index is 11.2. The van der Waals surface area contributed by atoms with Crippen molar-refractivity contribution in [1.29, 1.82) is 0 Å². The standard InChI is InChI=1S/C13H13NO3S/c1-8-2-3-10(14)13(4-8)18-7-9-5-11(15)12(16)6-17-9/h2-6,16H,7,14H2,1H3. The summed E-state index contributed by atoms with van der Waals surface area (Å²) in [6, 6.07) is 7.07. The van der Waals surface area contributed by atoms with Crippen molar-refractivity contribution in [3.05, 3.63) is 52.1 Å². The first-order valence-corrected chi connectivity index (χ1v) is 6.34. The predicted octanol–water partition coefficient (Wildman–Crippen LogP) is 2.53. The number of hydrogen-bond acceptors (Lipinski definition) is 5. The van der Waals surface area contributed by atoms with Gasteiger partial charge < -0.3 is 15.3 Å². The molecule has 0 aliphatic carbocycles. The Labute approximate surface area is 108 Å². The first kappa shape index (κ1) is 12.6. The van der Waals surface area contributed by atoms with E-state index in [0.29, 0.717) is 17.2 Å². The van der Waals surface area contributed by atoms with Crippen molar-refractivity contribution >= 4 is 17.4 Å². The average molecular weight is 263 g/mol. The molecule has 1 heterocycles. The highest BCUT2D eigenvalue weighted by atomic mass is 32.2. The van der Waals surface area contributed by atoms with Gasteiger partial charge in [0.1, 0.15) is 12.0 Å². The molecule has 0 spiro atoms. The number of hydrogen-bond donors (Lipinski definition) is 2. The van der Waals surface area contributed by atoms with Crippen LogP contribution >= 0.6 is 11.8 Å². The van der Waals surface area contributed by atoms with Gasteiger partial charge in [0.2, 0.25) is 5.43 Å². The molecule has 0 atom stereocenters. The Morgan fingerprint density at radius 2 is 2.17 bits per heavy atom. The van der Waals surface area contributed by atoms with Gasteiger partial charge in [-0.15, -0.1) is 11.8 Å². The van der Waals surface area contributed by atoms with Crippen molar-refractivity contribution in [1.82, 2.24) is 0 Å². The summed E-state index contributed by atoms with van der Waals surface area (Å²) in [6.45, 7) is 1.99. The monoisotopic (exact) mass is 263 g/mol. The number of nitrogens with two attached hydrogens (primary N) is 1. The van der Waals surface area contributed by atoms with Crippen molar-refractivity contribution in [2.75, 3.05) is 5.73 Å². The molecule has 0 radical (unpaired) electrons. The molecule has 5 heteroatoms. The summed E-state index contributed by atoms with van der Waals surface area (Å²) in [4.78, 5) is 12.2. The quantitative estimate of drug-likeness (QED) is 0.657. The molecule has 0 aliphatic heterocycles. The van der Waals surface area contributed by atoms with E-state index in [0.717, 1.165) is 16.7 Å². The lowest BCUT2D eigenvalue weighted by atomic mass is 10.2. The van der Waals surface area contributed by atoms with E-state index in [1.807, 2.05) is 25.1 Å². The minimum absolute atomic E-state index is 0.376. The topological polar surface area (TPSA) is 76.5 Å². The third-order valence-corrected chi connectivity index (χ3v) is 3.50. The molecular weight excluding hydrogens is 250 g/mol. The Bertz CT molecular complexity index is 622. The third kappa shape index (κ3) is 2.87. The Hall–Kier alpha value is -1.88. The molecule has 1 aromatic heterocycles. The molecule has 0 saturated heterocycles. The molecule has 0 bridgehead atoms. The summed E-state index contributed by atoms with van der Waals surface area (Å²) in [7, 11) is 0. The van der Waals surface area contributed by atoms with Crippen molar-refractivity contribution < 1.29 is 9.52 Å². The lowest BCUT2D eigenvalue weighted by Gasteiger charge is -2.06. The number of aryl methyl sites for hydroxylation is 1. The summed E-state index contributed by atoms with van der Waals surface area (Å²) >= 11 is 1.49. The third-order valence-electron chi connectivity index (χ3n) is 2.41. The molecule has 0 amide bonds. The summed E-state index contributed by atoms with van der Waals surface area (Å²) < 4.78 is 5.12. The van der Waals surface area contributed by atoms with Gasteiger partial charge in [0.15, 0.2) is 5.75 Å². The number of rotatable bonds is 3. The van der Waals surface area contributed by atoms with E-state index in [9.17, 15) is 4.79 Å². The molecule has 2 rings (SSSR count). The lowest BCUT2D eigenvalue weighted by molar-refractivity contribution is 0.419. The fourth-order valence-electron chi connectivity index (χ4n) is 1.43. The van der Waals surface area contributed by atoms with Gasteiger partial charge in [0.05, 0.1) is 5.75 Å². The number of anilines is 1. The van der Waals surface area contributed by atoms with E-state index < -0.39 is 5.43 Å². The van der Waals surface area contributed by atoms with E-state index in [4.69, 9.17) is 15.3 Å². The predicted molar refractivity (Wildman–Crippen MR) is 71.8 cm³/mol. The molecule has 3 N–H and O–H groups in total. The minimum Gasteiger partial charge on any atom is -0.502 e. The maximum absolute atomic E-state index is 11.2. The maximum Gasteiger partial charge on any atom is 0.226 e. The van der Waals surface area contributed by atoms with E-state index >= 15 is 0 Å². The van der Waals surface area contributed by atoms with Gasteiger partial charge in [-0.05, 0) is 24.6 Å². The van der Waals surface area contributed by atoms with Gasteiger partial charge in [0, 0.05) is 16.6 Å². The Morgan fingerprint density at radius 1 is 1.39 bits per heavy atom. The molecule has 0 saturated carbocycles.